The summed E-state index contributed by atoms with van der Waals surface area (Å²) in [7, 11) is 1.69. The molecule has 0 saturated heterocycles. The fourth-order valence-electron chi connectivity index (χ4n) is 4.24. The average Bonchev–Trinajstić information content (AvgIpc) is 3.24. The monoisotopic (exact) mass is 462 g/mol. The van der Waals surface area contributed by atoms with Crippen molar-refractivity contribution in [2.45, 2.75) is 32.0 Å². The molecule has 0 fully saturated rings. The van der Waals surface area contributed by atoms with Crippen molar-refractivity contribution in [3.63, 3.8) is 0 Å². The van der Waals surface area contributed by atoms with Gasteiger partial charge < -0.3 is 9.47 Å². The van der Waals surface area contributed by atoms with E-state index in [0.717, 1.165) is 40.1 Å². The Balaban J connectivity index is 1.60. The number of methoxy groups -OCH3 is 1. The standard InChI is InChI=1S/C25H23BrN2O2/c1-3-16-8-10-17(11-9-16)21-15-22-19-6-4-5-7-24(19)30-25(28(22)27-21)20-14-18(26)12-13-23(20)29-2/h4-14,22,25H,3,15H2,1-2H3/t22-,25-/m0/s1. The predicted octanol–water partition coefficient (Wildman–Crippen LogP) is 6.26. The van der Waals surface area contributed by atoms with Gasteiger partial charge in [0.25, 0.3) is 0 Å². The number of fused-ring (bicyclic) bond motifs is 3. The molecule has 0 N–H and O–H groups in total. The Hall–Kier alpha value is -2.79. The fourth-order valence-corrected chi connectivity index (χ4v) is 4.62. The minimum Gasteiger partial charge on any atom is -0.496 e. The van der Waals surface area contributed by atoms with E-state index in [9.17, 15) is 0 Å². The quantitative estimate of drug-likeness (QED) is 0.458. The summed E-state index contributed by atoms with van der Waals surface area (Å²) < 4.78 is 13.1. The van der Waals surface area contributed by atoms with Crippen LogP contribution in [0.2, 0.25) is 0 Å². The maximum atomic E-state index is 6.47. The van der Waals surface area contributed by atoms with Gasteiger partial charge in [0, 0.05) is 16.5 Å². The van der Waals surface area contributed by atoms with Crippen molar-refractivity contribution >= 4 is 21.6 Å². The molecule has 0 aliphatic carbocycles. The molecule has 5 heteroatoms. The van der Waals surface area contributed by atoms with E-state index < -0.39 is 0 Å². The molecule has 30 heavy (non-hydrogen) atoms. The first kappa shape index (κ1) is 19.2. The highest BCUT2D eigenvalue weighted by atomic mass is 79.9. The summed E-state index contributed by atoms with van der Waals surface area (Å²) in [5, 5.41) is 7.14. The van der Waals surface area contributed by atoms with Crippen LogP contribution in [0.1, 0.15) is 47.9 Å². The van der Waals surface area contributed by atoms with E-state index in [-0.39, 0.29) is 12.3 Å². The van der Waals surface area contributed by atoms with Gasteiger partial charge in [-0.1, -0.05) is 65.3 Å². The molecule has 5 rings (SSSR count). The van der Waals surface area contributed by atoms with Crippen molar-refractivity contribution in [3.05, 3.63) is 93.5 Å². The van der Waals surface area contributed by atoms with E-state index in [0.29, 0.717) is 0 Å². The SMILES string of the molecule is CCc1ccc(C2=NN3[C@@H](C2)c2ccccc2O[C@H]3c2cc(Br)ccc2OC)cc1. The van der Waals surface area contributed by atoms with Gasteiger partial charge in [0.2, 0.25) is 6.23 Å². The molecule has 4 nitrogen and oxygen atoms in total. The normalized spacial score (nSPS) is 19.6. The summed E-state index contributed by atoms with van der Waals surface area (Å²) >= 11 is 3.59. The number of rotatable bonds is 4. The van der Waals surface area contributed by atoms with Gasteiger partial charge in [-0.3, -0.25) is 0 Å². The third-order valence-electron chi connectivity index (χ3n) is 5.85. The van der Waals surface area contributed by atoms with Crippen molar-refractivity contribution in [2.75, 3.05) is 7.11 Å². The lowest BCUT2D eigenvalue weighted by molar-refractivity contribution is -0.0203. The number of para-hydroxylation sites is 1. The maximum absolute atomic E-state index is 6.47. The fraction of sp³-hybridized carbons (Fsp3) is 0.240. The molecule has 2 heterocycles. The van der Waals surface area contributed by atoms with Crippen LogP contribution in [0, 0.1) is 0 Å². The van der Waals surface area contributed by atoms with Crippen molar-refractivity contribution in [3.8, 4) is 11.5 Å². The minimum atomic E-state index is -0.357. The Bertz CT molecular complexity index is 1110. The summed E-state index contributed by atoms with van der Waals surface area (Å²) in [6.45, 7) is 2.17. The zero-order valence-corrected chi connectivity index (χ0v) is 18.6. The first-order valence-corrected chi connectivity index (χ1v) is 11.0. The third kappa shape index (κ3) is 3.27. The molecule has 0 aromatic heterocycles. The van der Waals surface area contributed by atoms with Crippen LogP contribution in [0.4, 0.5) is 0 Å². The van der Waals surface area contributed by atoms with Gasteiger partial charge in [0.1, 0.15) is 11.5 Å². The van der Waals surface area contributed by atoms with Crippen LogP contribution >= 0.6 is 15.9 Å². The zero-order chi connectivity index (χ0) is 20.7. The maximum Gasteiger partial charge on any atom is 0.217 e. The number of ether oxygens (including phenoxy) is 2. The Kier molecular flexibility index (Phi) is 4.99. The van der Waals surface area contributed by atoms with Crippen molar-refractivity contribution in [1.29, 1.82) is 0 Å². The molecule has 3 aromatic carbocycles. The van der Waals surface area contributed by atoms with Gasteiger partial charge in [-0.15, -0.1) is 0 Å². The Morgan fingerprint density at radius 1 is 1.07 bits per heavy atom. The van der Waals surface area contributed by atoms with E-state index in [1.165, 1.54) is 16.7 Å². The number of benzene rings is 3. The van der Waals surface area contributed by atoms with Gasteiger partial charge >= 0.3 is 0 Å². The number of hydrogen-bond acceptors (Lipinski definition) is 4. The molecule has 0 unspecified atom stereocenters. The van der Waals surface area contributed by atoms with E-state index in [1.807, 2.05) is 24.3 Å². The van der Waals surface area contributed by atoms with Crippen LogP contribution in [-0.4, -0.2) is 17.8 Å². The number of nitrogens with zero attached hydrogens (tertiary/aromatic N) is 2. The van der Waals surface area contributed by atoms with Gasteiger partial charge in [-0.2, -0.15) is 5.10 Å². The van der Waals surface area contributed by atoms with Crippen LogP contribution in [0.15, 0.2) is 76.3 Å². The van der Waals surface area contributed by atoms with Crippen LogP contribution in [0.5, 0.6) is 11.5 Å². The molecule has 2 aliphatic rings. The van der Waals surface area contributed by atoms with E-state index in [4.69, 9.17) is 14.6 Å². The number of hydrazone groups is 1. The number of halogens is 1. The zero-order valence-electron chi connectivity index (χ0n) is 17.0. The largest absolute Gasteiger partial charge is 0.496 e. The van der Waals surface area contributed by atoms with E-state index in [1.54, 1.807) is 7.11 Å². The summed E-state index contributed by atoms with van der Waals surface area (Å²) in [4.78, 5) is 0. The van der Waals surface area contributed by atoms with Gasteiger partial charge in [0.05, 0.1) is 24.4 Å². The molecular formula is C25H23BrN2O2. The molecular weight excluding hydrogens is 440 g/mol. The highest BCUT2D eigenvalue weighted by Gasteiger charge is 2.41. The molecule has 3 aromatic rings. The lowest BCUT2D eigenvalue weighted by atomic mass is 9.95. The second-order valence-electron chi connectivity index (χ2n) is 7.59. The van der Waals surface area contributed by atoms with E-state index >= 15 is 0 Å². The Morgan fingerprint density at radius 3 is 2.63 bits per heavy atom. The van der Waals surface area contributed by atoms with Crippen molar-refractivity contribution in [1.82, 2.24) is 5.01 Å². The number of hydrogen-bond donors (Lipinski definition) is 0. The lowest BCUT2D eigenvalue weighted by Crippen LogP contribution is -2.33. The Labute approximate surface area is 185 Å². The van der Waals surface area contributed by atoms with Gasteiger partial charge in [-0.05, 0) is 41.8 Å². The Morgan fingerprint density at radius 2 is 1.87 bits per heavy atom. The van der Waals surface area contributed by atoms with E-state index in [2.05, 4.69) is 70.3 Å². The molecule has 0 spiro atoms. The first-order chi connectivity index (χ1) is 14.7. The second-order valence-corrected chi connectivity index (χ2v) is 8.51. The summed E-state index contributed by atoms with van der Waals surface area (Å²) in [6, 6.07) is 23.1. The van der Waals surface area contributed by atoms with Gasteiger partial charge in [0.15, 0.2) is 0 Å². The molecule has 0 amide bonds. The smallest absolute Gasteiger partial charge is 0.217 e. The van der Waals surface area contributed by atoms with Crippen LogP contribution in [0.3, 0.4) is 0 Å². The first-order valence-electron chi connectivity index (χ1n) is 10.2. The second kappa shape index (κ2) is 7.80. The van der Waals surface area contributed by atoms with Crippen LogP contribution < -0.4 is 9.47 Å². The highest BCUT2D eigenvalue weighted by Crippen LogP contribution is 2.49. The van der Waals surface area contributed by atoms with Crippen LogP contribution in [0.25, 0.3) is 0 Å². The summed E-state index contributed by atoms with van der Waals surface area (Å²) in [5.41, 5.74) is 5.71. The predicted molar refractivity (Wildman–Crippen MR) is 122 cm³/mol. The topological polar surface area (TPSA) is 34.1 Å². The molecule has 0 bridgehead atoms. The third-order valence-corrected chi connectivity index (χ3v) is 6.35. The van der Waals surface area contributed by atoms with Crippen molar-refractivity contribution < 1.29 is 9.47 Å². The molecule has 2 atom stereocenters. The highest BCUT2D eigenvalue weighted by molar-refractivity contribution is 9.10. The molecule has 0 saturated carbocycles. The molecule has 152 valence electrons. The minimum absolute atomic E-state index is 0.129. The average molecular weight is 463 g/mol. The van der Waals surface area contributed by atoms with Crippen molar-refractivity contribution in [2.24, 2.45) is 5.10 Å². The summed E-state index contributed by atoms with van der Waals surface area (Å²) in [6.07, 6.45) is 1.52. The number of aryl methyl sites for hydroxylation is 1. The molecule has 0 radical (unpaired) electrons. The molecule has 2 aliphatic heterocycles. The summed E-state index contributed by atoms with van der Waals surface area (Å²) in [5.74, 6) is 1.70. The van der Waals surface area contributed by atoms with Gasteiger partial charge in [-0.25, -0.2) is 5.01 Å². The van der Waals surface area contributed by atoms with Crippen LogP contribution in [-0.2, 0) is 6.42 Å². The lowest BCUT2D eigenvalue weighted by Gasteiger charge is -2.38.